The average Bonchev–Trinajstić information content (AvgIpc) is 2.17. The predicted molar refractivity (Wildman–Crippen MR) is 57.9 cm³/mol. The molecule has 84 valence electrons. The Labute approximate surface area is 94.4 Å². The van der Waals surface area contributed by atoms with Gasteiger partial charge in [-0.3, -0.25) is 4.79 Å². The van der Waals surface area contributed by atoms with Gasteiger partial charge in [0.05, 0.1) is 0 Å². The van der Waals surface area contributed by atoms with Gasteiger partial charge in [-0.2, -0.15) is 0 Å². The molecule has 0 saturated carbocycles. The van der Waals surface area contributed by atoms with E-state index in [2.05, 4.69) is 0 Å². The first-order valence-electron chi connectivity index (χ1n) is 5.10. The zero-order valence-electron chi connectivity index (χ0n) is 8.96. The van der Waals surface area contributed by atoms with Crippen molar-refractivity contribution in [2.24, 2.45) is 5.92 Å². The molecule has 4 heteroatoms. The van der Waals surface area contributed by atoms with Gasteiger partial charge < -0.3 is 4.74 Å². The second kappa shape index (κ2) is 5.31. The number of hydrogen-bond donors (Lipinski definition) is 0. The van der Waals surface area contributed by atoms with Crippen molar-refractivity contribution in [3.8, 4) is 0 Å². The van der Waals surface area contributed by atoms with Gasteiger partial charge in [0.15, 0.2) is 5.78 Å². The zero-order chi connectivity index (χ0) is 11.4. The molecule has 3 nitrogen and oxygen atoms in total. The van der Waals surface area contributed by atoms with Crippen molar-refractivity contribution in [1.82, 2.24) is 0 Å². The average molecular weight is 231 g/mol. The quantitative estimate of drug-likeness (QED) is 0.700. The number of halogens is 1. The molecular weight excluding hydrogens is 216 g/mol. The minimum atomic E-state index is -0.771. The Bertz CT molecular complexity index is 294. The molecule has 1 aliphatic rings. The summed E-state index contributed by atoms with van der Waals surface area (Å²) in [5.41, 5.74) is 0.0823. The highest BCUT2D eigenvalue weighted by Crippen LogP contribution is 2.23. The molecule has 0 radical (unpaired) electrons. The molecule has 0 saturated heterocycles. The van der Waals surface area contributed by atoms with E-state index in [1.807, 2.05) is 19.9 Å². The fourth-order valence-electron chi connectivity index (χ4n) is 1.64. The molecule has 0 aliphatic heterocycles. The molecule has 0 fully saturated rings. The van der Waals surface area contributed by atoms with Crippen molar-refractivity contribution in [3.63, 3.8) is 0 Å². The van der Waals surface area contributed by atoms with Crippen molar-refractivity contribution in [3.05, 3.63) is 11.6 Å². The van der Waals surface area contributed by atoms with Crippen molar-refractivity contribution in [1.29, 1.82) is 0 Å². The summed E-state index contributed by atoms with van der Waals surface area (Å²) >= 11 is 5.11. The standard InChI is InChI=1S/C11H15ClO3/c1-7(2)10(13)8-3-5-9(6-4-8)15-11(12)14/h3,7,9H,4-6H2,1-2H3. The fourth-order valence-corrected chi connectivity index (χ4v) is 1.77. The van der Waals surface area contributed by atoms with Gasteiger partial charge in [-0.05, 0) is 18.4 Å². The first kappa shape index (κ1) is 12.2. The van der Waals surface area contributed by atoms with Gasteiger partial charge in [0.1, 0.15) is 6.10 Å². The highest BCUT2D eigenvalue weighted by molar-refractivity contribution is 6.61. The van der Waals surface area contributed by atoms with E-state index in [1.165, 1.54) is 0 Å². The van der Waals surface area contributed by atoms with Crippen LogP contribution in [0.4, 0.5) is 4.79 Å². The van der Waals surface area contributed by atoms with Crippen molar-refractivity contribution < 1.29 is 14.3 Å². The van der Waals surface area contributed by atoms with Crippen LogP contribution in [-0.2, 0) is 9.53 Å². The summed E-state index contributed by atoms with van der Waals surface area (Å²) in [5.74, 6) is 0.217. The third kappa shape index (κ3) is 3.67. The topological polar surface area (TPSA) is 43.4 Å². The third-order valence-corrected chi connectivity index (χ3v) is 2.55. The molecule has 0 N–H and O–H groups in total. The molecule has 1 aliphatic carbocycles. The van der Waals surface area contributed by atoms with E-state index in [0.717, 1.165) is 5.57 Å². The van der Waals surface area contributed by atoms with Crippen molar-refractivity contribution >= 4 is 22.8 Å². The lowest BCUT2D eigenvalue weighted by atomic mass is 9.90. The Kier molecular flexibility index (Phi) is 4.33. The summed E-state index contributed by atoms with van der Waals surface area (Å²) in [6.45, 7) is 3.77. The second-order valence-electron chi connectivity index (χ2n) is 4.00. The number of carbonyl (C=O) groups is 2. The van der Waals surface area contributed by atoms with Gasteiger partial charge in [-0.1, -0.05) is 19.9 Å². The van der Waals surface area contributed by atoms with Crippen LogP contribution in [0, 0.1) is 5.92 Å². The fraction of sp³-hybridized carbons (Fsp3) is 0.636. The molecular formula is C11H15ClO3. The normalized spacial score (nSPS) is 21.1. The van der Waals surface area contributed by atoms with Gasteiger partial charge in [0.2, 0.25) is 0 Å². The maximum absolute atomic E-state index is 11.6. The Balaban J connectivity index is 2.51. The number of ketones is 1. The van der Waals surface area contributed by atoms with Gasteiger partial charge >= 0.3 is 5.43 Å². The Hall–Kier alpha value is -0.830. The summed E-state index contributed by atoms with van der Waals surface area (Å²) in [7, 11) is 0. The van der Waals surface area contributed by atoms with Crippen LogP contribution < -0.4 is 0 Å². The summed E-state index contributed by atoms with van der Waals surface area (Å²) in [6, 6.07) is 0. The summed E-state index contributed by atoms with van der Waals surface area (Å²) in [5, 5.41) is 0. The van der Waals surface area contributed by atoms with Crippen LogP contribution in [-0.4, -0.2) is 17.3 Å². The monoisotopic (exact) mass is 230 g/mol. The molecule has 0 amide bonds. The molecule has 0 spiro atoms. The van der Waals surface area contributed by atoms with E-state index in [0.29, 0.717) is 19.3 Å². The summed E-state index contributed by atoms with van der Waals surface area (Å²) < 4.78 is 4.85. The Morgan fingerprint density at radius 3 is 2.60 bits per heavy atom. The van der Waals surface area contributed by atoms with Crippen LogP contribution in [0.5, 0.6) is 0 Å². The van der Waals surface area contributed by atoms with Crippen LogP contribution in [0.1, 0.15) is 33.1 Å². The molecule has 1 atom stereocenters. The summed E-state index contributed by atoms with van der Waals surface area (Å²) in [6.07, 6.45) is 3.63. The molecule has 0 aromatic heterocycles. The lowest BCUT2D eigenvalue weighted by molar-refractivity contribution is -0.118. The highest BCUT2D eigenvalue weighted by Gasteiger charge is 2.22. The summed E-state index contributed by atoms with van der Waals surface area (Å²) in [4.78, 5) is 22.1. The lowest BCUT2D eigenvalue weighted by Gasteiger charge is -2.21. The highest BCUT2D eigenvalue weighted by atomic mass is 35.5. The first-order chi connectivity index (χ1) is 7.00. The van der Waals surface area contributed by atoms with Gasteiger partial charge in [0, 0.05) is 23.9 Å². The van der Waals surface area contributed by atoms with Crippen LogP contribution in [0.25, 0.3) is 0 Å². The molecule has 15 heavy (non-hydrogen) atoms. The lowest BCUT2D eigenvalue weighted by Crippen LogP contribution is -2.21. The van der Waals surface area contributed by atoms with Crippen molar-refractivity contribution in [2.75, 3.05) is 0 Å². The number of ether oxygens (including phenoxy) is 1. The maximum atomic E-state index is 11.6. The molecule has 1 rings (SSSR count). The van der Waals surface area contributed by atoms with Gasteiger partial charge in [0.25, 0.3) is 0 Å². The van der Waals surface area contributed by atoms with E-state index in [4.69, 9.17) is 16.3 Å². The number of Topliss-reactive ketones (excluding diaryl/α,β-unsaturated/α-hetero) is 1. The second-order valence-corrected chi connectivity index (χ2v) is 4.31. The largest absolute Gasteiger partial charge is 0.450 e. The van der Waals surface area contributed by atoms with Gasteiger partial charge in [-0.15, -0.1) is 0 Å². The number of rotatable bonds is 3. The minimum absolute atomic E-state index is 0.0309. The van der Waals surface area contributed by atoms with Crippen LogP contribution >= 0.6 is 11.6 Å². The number of carbonyl (C=O) groups excluding carboxylic acids is 2. The van der Waals surface area contributed by atoms with E-state index in [9.17, 15) is 9.59 Å². The van der Waals surface area contributed by atoms with E-state index < -0.39 is 5.43 Å². The van der Waals surface area contributed by atoms with E-state index >= 15 is 0 Å². The Morgan fingerprint density at radius 2 is 2.20 bits per heavy atom. The van der Waals surface area contributed by atoms with Crippen LogP contribution in [0.2, 0.25) is 0 Å². The molecule has 0 bridgehead atoms. The van der Waals surface area contributed by atoms with E-state index in [-0.39, 0.29) is 17.8 Å². The number of allylic oxidation sites excluding steroid dienone is 1. The maximum Gasteiger partial charge on any atom is 0.404 e. The first-order valence-corrected chi connectivity index (χ1v) is 5.48. The SMILES string of the molecule is CC(C)C(=O)C1=CCC(OC(=O)Cl)CC1. The zero-order valence-corrected chi connectivity index (χ0v) is 9.71. The molecule has 1 unspecified atom stereocenters. The smallest absolute Gasteiger partial charge is 0.404 e. The van der Waals surface area contributed by atoms with Crippen LogP contribution in [0.15, 0.2) is 11.6 Å². The molecule has 0 heterocycles. The number of hydrogen-bond acceptors (Lipinski definition) is 3. The predicted octanol–water partition coefficient (Wildman–Crippen LogP) is 3.07. The van der Waals surface area contributed by atoms with Crippen molar-refractivity contribution in [2.45, 2.75) is 39.2 Å². The molecule has 0 aromatic rings. The molecule has 0 aromatic carbocycles. The Morgan fingerprint density at radius 1 is 1.53 bits per heavy atom. The van der Waals surface area contributed by atoms with Crippen LogP contribution in [0.3, 0.4) is 0 Å². The minimum Gasteiger partial charge on any atom is -0.450 e. The third-order valence-electron chi connectivity index (χ3n) is 2.46. The van der Waals surface area contributed by atoms with E-state index in [1.54, 1.807) is 0 Å². The van der Waals surface area contributed by atoms with Gasteiger partial charge in [-0.25, -0.2) is 4.79 Å².